The number of carbonyl (C=O) groups excluding carboxylic acids is 2. The Balaban J connectivity index is 2.16. The van der Waals surface area contributed by atoms with Gasteiger partial charge in [0.15, 0.2) is 0 Å². The number of anilines is 2. The van der Waals surface area contributed by atoms with Crippen LogP contribution >= 0.6 is 0 Å². The van der Waals surface area contributed by atoms with Crippen LogP contribution in [0.3, 0.4) is 0 Å². The van der Waals surface area contributed by atoms with Crippen LogP contribution in [0.25, 0.3) is 0 Å². The molecule has 138 valence electrons. The van der Waals surface area contributed by atoms with Gasteiger partial charge < -0.3 is 20.5 Å². The zero-order valence-corrected chi connectivity index (χ0v) is 13.5. The summed E-state index contributed by atoms with van der Waals surface area (Å²) in [6, 6.07) is 11.9. The molecule has 0 aliphatic carbocycles. The summed E-state index contributed by atoms with van der Waals surface area (Å²) in [5.41, 5.74) is -3.84. The van der Waals surface area contributed by atoms with Gasteiger partial charge in [0.05, 0.1) is 7.11 Å². The molecule has 0 saturated carbocycles. The van der Waals surface area contributed by atoms with Crippen molar-refractivity contribution in [2.75, 3.05) is 17.7 Å². The number of esters is 1. The number of benzene rings is 2. The molecule has 6 nitrogen and oxygen atoms in total. The van der Waals surface area contributed by atoms with Gasteiger partial charge in [0, 0.05) is 16.9 Å². The summed E-state index contributed by atoms with van der Waals surface area (Å²) in [5, 5.41) is 14.8. The van der Waals surface area contributed by atoms with E-state index in [0.717, 1.165) is 31.4 Å². The SMILES string of the molecule is COC(=O)C(O)(c1ccc(NC(=O)Nc2ccccc2)cc1)C(F)(F)F. The Morgan fingerprint density at radius 1 is 0.923 bits per heavy atom. The van der Waals surface area contributed by atoms with E-state index < -0.39 is 29.3 Å². The molecule has 3 N–H and O–H groups in total. The molecule has 9 heteroatoms. The largest absolute Gasteiger partial charge is 0.466 e. The molecule has 0 saturated heterocycles. The molecule has 0 aromatic heterocycles. The maximum atomic E-state index is 13.1. The zero-order valence-electron chi connectivity index (χ0n) is 13.5. The number of rotatable bonds is 4. The Morgan fingerprint density at radius 3 is 1.88 bits per heavy atom. The summed E-state index contributed by atoms with van der Waals surface area (Å²) in [6.07, 6.45) is -5.28. The minimum atomic E-state index is -5.28. The number of ether oxygens (including phenoxy) is 1. The van der Waals surface area contributed by atoms with Crippen LogP contribution in [0.5, 0.6) is 0 Å². The smallest absolute Gasteiger partial charge is 0.432 e. The van der Waals surface area contributed by atoms with E-state index in [9.17, 15) is 27.9 Å². The van der Waals surface area contributed by atoms with Crippen LogP contribution in [-0.4, -0.2) is 30.4 Å². The Labute approximate surface area is 146 Å². The predicted octanol–water partition coefficient (Wildman–Crippen LogP) is 3.25. The molecule has 2 rings (SSSR count). The predicted molar refractivity (Wildman–Crippen MR) is 87.5 cm³/mol. The molecule has 0 spiro atoms. The number of aliphatic hydroxyl groups is 1. The van der Waals surface area contributed by atoms with Gasteiger partial charge in [-0.3, -0.25) is 0 Å². The van der Waals surface area contributed by atoms with E-state index >= 15 is 0 Å². The van der Waals surface area contributed by atoms with Crippen molar-refractivity contribution < 1.29 is 32.6 Å². The van der Waals surface area contributed by atoms with E-state index in [1.807, 2.05) is 0 Å². The van der Waals surface area contributed by atoms with E-state index in [-0.39, 0.29) is 5.69 Å². The maximum absolute atomic E-state index is 13.1. The lowest BCUT2D eigenvalue weighted by atomic mass is 9.93. The van der Waals surface area contributed by atoms with Gasteiger partial charge in [-0.25, -0.2) is 9.59 Å². The first kappa shape index (κ1) is 19.3. The van der Waals surface area contributed by atoms with Gasteiger partial charge in [0.1, 0.15) is 0 Å². The highest BCUT2D eigenvalue weighted by molar-refractivity contribution is 5.99. The molecule has 0 aliphatic rings. The maximum Gasteiger partial charge on any atom is 0.432 e. The van der Waals surface area contributed by atoms with Crippen LogP contribution in [0.2, 0.25) is 0 Å². The van der Waals surface area contributed by atoms with Gasteiger partial charge in [-0.05, 0) is 24.3 Å². The summed E-state index contributed by atoms with van der Waals surface area (Å²) >= 11 is 0. The quantitative estimate of drug-likeness (QED) is 0.723. The lowest BCUT2D eigenvalue weighted by molar-refractivity contribution is -0.266. The monoisotopic (exact) mass is 368 g/mol. The second kappa shape index (κ2) is 7.44. The average Bonchev–Trinajstić information content (AvgIpc) is 2.60. The number of amides is 2. The molecular formula is C17H15F3N2O4. The van der Waals surface area contributed by atoms with Crippen LogP contribution in [0.4, 0.5) is 29.3 Å². The topological polar surface area (TPSA) is 87.7 Å². The number of hydrogen-bond donors (Lipinski definition) is 3. The molecular weight excluding hydrogens is 353 g/mol. The molecule has 2 aromatic rings. The zero-order chi connectivity index (χ0) is 19.4. The highest BCUT2D eigenvalue weighted by atomic mass is 19.4. The fraction of sp³-hybridized carbons (Fsp3) is 0.176. The Kier molecular flexibility index (Phi) is 5.51. The van der Waals surface area contributed by atoms with Crippen LogP contribution in [0.1, 0.15) is 5.56 Å². The lowest BCUT2D eigenvalue weighted by Gasteiger charge is -2.28. The third-order valence-corrected chi connectivity index (χ3v) is 3.48. The Bertz CT molecular complexity index is 779. The van der Waals surface area contributed by atoms with Crippen molar-refractivity contribution in [1.29, 1.82) is 0 Å². The number of methoxy groups -OCH3 is 1. The van der Waals surface area contributed by atoms with Crippen molar-refractivity contribution in [1.82, 2.24) is 0 Å². The van der Waals surface area contributed by atoms with Crippen LogP contribution < -0.4 is 10.6 Å². The highest BCUT2D eigenvalue weighted by Crippen LogP contribution is 2.40. The number of carbonyl (C=O) groups is 2. The molecule has 0 radical (unpaired) electrons. The molecule has 1 atom stereocenters. The van der Waals surface area contributed by atoms with Crippen molar-refractivity contribution in [2.45, 2.75) is 11.8 Å². The van der Waals surface area contributed by atoms with E-state index in [2.05, 4.69) is 15.4 Å². The molecule has 2 amide bonds. The molecule has 0 heterocycles. The van der Waals surface area contributed by atoms with E-state index in [1.165, 1.54) is 0 Å². The molecule has 0 aliphatic heterocycles. The second-order valence-corrected chi connectivity index (χ2v) is 5.22. The summed E-state index contributed by atoms with van der Waals surface area (Å²) in [6.45, 7) is 0. The fourth-order valence-electron chi connectivity index (χ4n) is 2.15. The van der Waals surface area contributed by atoms with Crippen molar-refractivity contribution in [3.8, 4) is 0 Å². The number of urea groups is 1. The van der Waals surface area contributed by atoms with Gasteiger partial charge in [-0.1, -0.05) is 30.3 Å². The average molecular weight is 368 g/mol. The van der Waals surface area contributed by atoms with Gasteiger partial charge in [0.2, 0.25) is 0 Å². The molecule has 1 unspecified atom stereocenters. The highest BCUT2D eigenvalue weighted by Gasteiger charge is 2.62. The minimum absolute atomic E-state index is 0.163. The fourth-order valence-corrected chi connectivity index (χ4v) is 2.15. The Hall–Kier alpha value is -3.07. The summed E-state index contributed by atoms with van der Waals surface area (Å²) in [4.78, 5) is 23.3. The number of alkyl halides is 3. The summed E-state index contributed by atoms with van der Waals surface area (Å²) in [7, 11) is 0.739. The van der Waals surface area contributed by atoms with Gasteiger partial charge >= 0.3 is 18.2 Å². The van der Waals surface area contributed by atoms with Crippen molar-refractivity contribution >= 4 is 23.4 Å². The summed E-state index contributed by atoms with van der Waals surface area (Å²) < 4.78 is 43.5. The molecule has 2 aromatic carbocycles. The Morgan fingerprint density at radius 2 is 1.42 bits per heavy atom. The van der Waals surface area contributed by atoms with Gasteiger partial charge in [-0.2, -0.15) is 13.2 Å². The standard InChI is InChI=1S/C17H15F3N2O4/c1-26-14(23)16(25,17(18,19)20)11-7-9-13(10-8-11)22-15(24)21-12-5-3-2-4-6-12/h2-10,25H,1H3,(H2,21,22,24). The molecule has 26 heavy (non-hydrogen) atoms. The first-order valence-corrected chi connectivity index (χ1v) is 7.29. The summed E-state index contributed by atoms with van der Waals surface area (Å²) in [5.74, 6) is -1.85. The molecule has 0 bridgehead atoms. The van der Waals surface area contributed by atoms with Crippen molar-refractivity contribution in [2.24, 2.45) is 0 Å². The second-order valence-electron chi connectivity index (χ2n) is 5.22. The molecule has 0 fully saturated rings. The van der Waals surface area contributed by atoms with E-state index in [1.54, 1.807) is 30.3 Å². The van der Waals surface area contributed by atoms with Crippen LogP contribution in [0, 0.1) is 0 Å². The van der Waals surface area contributed by atoms with Crippen LogP contribution in [0.15, 0.2) is 54.6 Å². The number of hydrogen-bond acceptors (Lipinski definition) is 4. The third kappa shape index (κ3) is 3.94. The number of nitrogens with one attached hydrogen (secondary N) is 2. The number of halogens is 3. The normalized spacial score (nSPS) is 13.4. The first-order chi connectivity index (χ1) is 12.2. The minimum Gasteiger partial charge on any atom is -0.466 e. The van der Waals surface area contributed by atoms with Gasteiger partial charge in [0.25, 0.3) is 5.60 Å². The third-order valence-electron chi connectivity index (χ3n) is 3.48. The number of para-hydroxylation sites is 1. The van der Waals surface area contributed by atoms with E-state index in [0.29, 0.717) is 5.69 Å². The van der Waals surface area contributed by atoms with Gasteiger partial charge in [-0.15, -0.1) is 0 Å². The van der Waals surface area contributed by atoms with E-state index in [4.69, 9.17) is 0 Å². The van der Waals surface area contributed by atoms with Crippen molar-refractivity contribution in [3.63, 3.8) is 0 Å². The first-order valence-electron chi connectivity index (χ1n) is 7.29. The van der Waals surface area contributed by atoms with Crippen LogP contribution in [-0.2, 0) is 15.1 Å². The lowest BCUT2D eigenvalue weighted by Crippen LogP contribution is -2.49. The van der Waals surface area contributed by atoms with Crippen molar-refractivity contribution in [3.05, 3.63) is 60.2 Å².